The molecule has 1 saturated heterocycles. The highest BCUT2D eigenvalue weighted by Crippen LogP contribution is 2.21. The molecule has 1 aliphatic rings. The van der Waals surface area contributed by atoms with E-state index in [1.54, 1.807) is 11.8 Å². The zero-order valence-electron chi connectivity index (χ0n) is 13.5. The van der Waals surface area contributed by atoms with Gasteiger partial charge < -0.3 is 15.5 Å². The number of thioether (sulfide) groups is 1. The second-order valence-electron chi connectivity index (χ2n) is 5.70. The van der Waals surface area contributed by atoms with E-state index in [1.165, 1.54) is 4.90 Å². The van der Waals surface area contributed by atoms with Crippen molar-refractivity contribution in [3.63, 3.8) is 0 Å². The third-order valence-electron chi connectivity index (χ3n) is 3.81. The Hall–Kier alpha value is -0.750. The van der Waals surface area contributed by atoms with Gasteiger partial charge in [0.1, 0.15) is 0 Å². The van der Waals surface area contributed by atoms with Gasteiger partial charge in [0.05, 0.1) is 0 Å². The first-order valence-electron chi connectivity index (χ1n) is 8.32. The lowest BCUT2D eigenvalue weighted by Gasteiger charge is -2.27. The monoisotopic (exact) mass is 355 g/mol. The van der Waals surface area contributed by atoms with Gasteiger partial charge in [-0.25, -0.2) is 0 Å². The van der Waals surface area contributed by atoms with Gasteiger partial charge in [0.2, 0.25) is 5.91 Å². The minimum Gasteiger partial charge on any atom is -0.356 e. The van der Waals surface area contributed by atoms with Crippen LogP contribution in [0.1, 0.15) is 19.3 Å². The van der Waals surface area contributed by atoms with Crippen molar-refractivity contribution in [1.29, 1.82) is 0 Å². The molecule has 0 bridgehead atoms. The molecule has 0 radical (unpaired) electrons. The van der Waals surface area contributed by atoms with E-state index in [1.807, 2.05) is 24.3 Å². The lowest BCUT2D eigenvalue weighted by Crippen LogP contribution is -2.44. The summed E-state index contributed by atoms with van der Waals surface area (Å²) in [7, 11) is 0. The summed E-state index contributed by atoms with van der Waals surface area (Å²) in [5.74, 6) is 1.12. The molecule has 1 aromatic carbocycles. The van der Waals surface area contributed by atoms with Crippen LogP contribution in [0.5, 0.6) is 0 Å². The molecule has 0 saturated carbocycles. The summed E-state index contributed by atoms with van der Waals surface area (Å²) < 4.78 is 0. The number of benzene rings is 1. The number of halogens is 1. The van der Waals surface area contributed by atoms with Crippen LogP contribution in [0.2, 0.25) is 5.02 Å². The van der Waals surface area contributed by atoms with Gasteiger partial charge >= 0.3 is 0 Å². The van der Waals surface area contributed by atoms with E-state index in [0.717, 1.165) is 62.9 Å². The third-order valence-corrected chi connectivity index (χ3v) is 5.16. The van der Waals surface area contributed by atoms with Crippen molar-refractivity contribution >= 4 is 29.3 Å². The minimum atomic E-state index is 0.169. The van der Waals surface area contributed by atoms with Crippen molar-refractivity contribution in [3.05, 3.63) is 29.3 Å². The molecule has 1 aliphatic heterocycles. The Balaban J connectivity index is 1.46. The van der Waals surface area contributed by atoms with Crippen LogP contribution in [0.4, 0.5) is 0 Å². The molecule has 0 spiro atoms. The molecule has 1 aromatic rings. The fourth-order valence-electron chi connectivity index (χ4n) is 2.51. The summed E-state index contributed by atoms with van der Waals surface area (Å²) in [4.78, 5) is 15.4. The zero-order chi connectivity index (χ0) is 16.3. The smallest absolute Gasteiger partial charge is 0.220 e. The fourth-order valence-corrected chi connectivity index (χ4v) is 3.49. The number of rotatable bonds is 9. The van der Waals surface area contributed by atoms with Crippen molar-refractivity contribution in [2.45, 2.75) is 24.2 Å². The van der Waals surface area contributed by atoms with Gasteiger partial charge in [-0.2, -0.15) is 0 Å². The van der Waals surface area contributed by atoms with Crippen molar-refractivity contribution in [2.75, 3.05) is 45.0 Å². The maximum atomic E-state index is 11.8. The van der Waals surface area contributed by atoms with E-state index in [9.17, 15) is 4.79 Å². The van der Waals surface area contributed by atoms with Crippen LogP contribution in [0.25, 0.3) is 0 Å². The average Bonchev–Trinajstić information content (AvgIpc) is 2.58. The van der Waals surface area contributed by atoms with E-state index in [4.69, 9.17) is 11.6 Å². The van der Waals surface area contributed by atoms with Crippen LogP contribution in [0, 0.1) is 0 Å². The maximum absolute atomic E-state index is 11.8. The number of amides is 1. The van der Waals surface area contributed by atoms with E-state index in [2.05, 4.69) is 15.5 Å². The largest absolute Gasteiger partial charge is 0.356 e. The molecule has 1 heterocycles. The molecule has 0 aliphatic carbocycles. The predicted molar refractivity (Wildman–Crippen MR) is 98.3 cm³/mol. The Labute approximate surface area is 148 Å². The van der Waals surface area contributed by atoms with E-state index >= 15 is 0 Å². The second-order valence-corrected chi connectivity index (χ2v) is 7.31. The number of carbonyl (C=O) groups is 1. The van der Waals surface area contributed by atoms with Crippen LogP contribution in [-0.4, -0.2) is 55.8 Å². The molecule has 0 aromatic heterocycles. The highest BCUT2D eigenvalue weighted by Gasteiger charge is 2.08. The Kier molecular flexibility index (Phi) is 8.82. The number of hydrogen-bond acceptors (Lipinski definition) is 4. The number of carbonyl (C=O) groups excluding carboxylic acids is 1. The van der Waals surface area contributed by atoms with E-state index in [-0.39, 0.29) is 5.91 Å². The zero-order valence-corrected chi connectivity index (χ0v) is 15.1. The molecule has 128 valence electrons. The molecule has 23 heavy (non-hydrogen) atoms. The van der Waals surface area contributed by atoms with Crippen molar-refractivity contribution in [3.8, 4) is 0 Å². The molecule has 2 rings (SSSR count). The van der Waals surface area contributed by atoms with E-state index in [0.29, 0.717) is 6.42 Å². The summed E-state index contributed by atoms with van der Waals surface area (Å²) in [6.07, 6.45) is 2.54. The van der Waals surface area contributed by atoms with Crippen molar-refractivity contribution in [1.82, 2.24) is 15.5 Å². The third kappa shape index (κ3) is 8.06. The number of nitrogens with one attached hydrogen (secondary N) is 2. The van der Waals surface area contributed by atoms with Crippen LogP contribution < -0.4 is 10.6 Å². The molecule has 1 amide bonds. The number of piperazine rings is 1. The Morgan fingerprint density at radius 3 is 2.70 bits per heavy atom. The Morgan fingerprint density at radius 2 is 1.96 bits per heavy atom. The van der Waals surface area contributed by atoms with Gasteiger partial charge in [0, 0.05) is 49.1 Å². The summed E-state index contributed by atoms with van der Waals surface area (Å²) in [6.45, 7) is 6.27. The van der Waals surface area contributed by atoms with Gasteiger partial charge in [-0.3, -0.25) is 4.79 Å². The lowest BCUT2D eigenvalue weighted by molar-refractivity contribution is -0.121. The van der Waals surface area contributed by atoms with Crippen molar-refractivity contribution in [2.24, 2.45) is 0 Å². The first kappa shape index (κ1) is 18.6. The first-order valence-corrected chi connectivity index (χ1v) is 9.68. The predicted octanol–water partition coefficient (Wildman–Crippen LogP) is 2.62. The van der Waals surface area contributed by atoms with Crippen LogP contribution >= 0.6 is 23.4 Å². The van der Waals surface area contributed by atoms with Crippen LogP contribution in [0.15, 0.2) is 29.2 Å². The molecular formula is C17H26ClN3OS. The Morgan fingerprint density at radius 1 is 1.22 bits per heavy atom. The highest BCUT2D eigenvalue weighted by atomic mass is 35.5. The standard InChI is InChI=1S/C17H26ClN3OS/c18-15-4-6-16(7-5-15)23-14-1-3-17(22)20-8-2-11-21-12-9-19-10-13-21/h4-7,19H,1-3,8-14H2,(H,20,22). The summed E-state index contributed by atoms with van der Waals surface area (Å²) in [5.41, 5.74) is 0. The molecule has 4 nitrogen and oxygen atoms in total. The van der Waals surface area contributed by atoms with Gasteiger partial charge in [0.25, 0.3) is 0 Å². The quantitative estimate of drug-likeness (QED) is 0.528. The van der Waals surface area contributed by atoms with Crippen LogP contribution in [0.3, 0.4) is 0 Å². The van der Waals surface area contributed by atoms with Crippen molar-refractivity contribution < 1.29 is 4.79 Å². The second kappa shape index (κ2) is 10.9. The summed E-state index contributed by atoms with van der Waals surface area (Å²) >= 11 is 7.62. The average molecular weight is 356 g/mol. The van der Waals surface area contributed by atoms with Gasteiger partial charge in [-0.05, 0) is 49.4 Å². The first-order chi connectivity index (χ1) is 11.2. The fraction of sp³-hybridized carbons (Fsp3) is 0.588. The molecule has 1 fully saturated rings. The molecular weight excluding hydrogens is 330 g/mol. The van der Waals surface area contributed by atoms with Gasteiger partial charge in [0.15, 0.2) is 0 Å². The normalized spacial score (nSPS) is 15.5. The lowest BCUT2D eigenvalue weighted by atomic mass is 10.3. The maximum Gasteiger partial charge on any atom is 0.220 e. The van der Waals surface area contributed by atoms with Crippen LogP contribution in [-0.2, 0) is 4.79 Å². The Bertz CT molecular complexity index is 463. The van der Waals surface area contributed by atoms with Gasteiger partial charge in [-0.15, -0.1) is 11.8 Å². The minimum absolute atomic E-state index is 0.169. The van der Waals surface area contributed by atoms with Gasteiger partial charge in [-0.1, -0.05) is 11.6 Å². The molecule has 2 N–H and O–H groups in total. The molecule has 6 heteroatoms. The molecule has 0 unspecified atom stereocenters. The van der Waals surface area contributed by atoms with E-state index < -0.39 is 0 Å². The highest BCUT2D eigenvalue weighted by molar-refractivity contribution is 7.99. The number of nitrogens with zero attached hydrogens (tertiary/aromatic N) is 1. The topological polar surface area (TPSA) is 44.4 Å². The number of hydrogen-bond donors (Lipinski definition) is 2. The SMILES string of the molecule is O=C(CCCSc1ccc(Cl)cc1)NCCCN1CCNCC1. The molecule has 0 atom stereocenters. The summed E-state index contributed by atoms with van der Waals surface area (Å²) in [5, 5.41) is 7.13. The summed E-state index contributed by atoms with van der Waals surface area (Å²) in [6, 6.07) is 7.83.